The fraction of sp³-hybridized carbons (Fsp3) is 0.333. The third kappa shape index (κ3) is 0.619. The van der Waals surface area contributed by atoms with E-state index in [0.29, 0.717) is 0 Å². The molecule has 0 bridgehead atoms. The summed E-state index contributed by atoms with van der Waals surface area (Å²) in [7, 11) is 1.96. The lowest BCUT2D eigenvalue weighted by Gasteiger charge is -1.90. The Labute approximate surface area is 49.2 Å². The zero-order chi connectivity index (χ0) is 6.15. The normalized spacial score (nSPS) is 9.88. The van der Waals surface area contributed by atoms with Gasteiger partial charge < -0.3 is 4.57 Å². The van der Waals surface area contributed by atoms with Gasteiger partial charge >= 0.3 is 0 Å². The quantitative estimate of drug-likeness (QED) is 0.484. The summed E-state index contributed by atoms with van der Waals surface area (Å²) in [5.41, 5.74) is 2.00. The van der Waals surface area contributed by atoms with E-state index in [0.717, 1.165) is 11.4 Å². The summed E-state index contributed by atoms with van der Waals surface area (Å²) >= 11 is 0. The number of aromatic nitrogens is 2. The number of hydrogen-bond acceptors (Lipinski definition) is 1. The van der Waals surface area contributed by atoms with Crippen molar-refractivity contribution in [2.24, 2.45) is 7.05 Å². The van der Waals surface area contributed by atoms with Gasteiger partial charge in [-0.15, -0.1) is 0 Å². The average Bonchev–Trinajstić information content (AvgIpc) is 1.98. The SMILES string of the molecule is [CH2]c1ncn(C)c1C. The Bertz CT molecular complexity index is 169. The maximum Gasteiger partial charge on any atom is 0.0948 e. The van der Waals surface area contributed by atoms with Gasteiger partial charge in [-0.2, -0.15) is 0 Å². The Morgan fingerprint density at radius 2 is 2.38 bits per heavy atom. The van der Waals surface area contributed by atoms with Gasteiger partial charge in [-0.3, -0.25) is 0 Å². The molecule has 1 aromatic heterocycles. The minimum Gasteiger partial charge on any atom is -0.338 e. The van der Waals surface area contributed by atoms with Gasteiger partial charge in [0, 0.05) is 12.7 Å². The van der Waals surface area contributed by atoms with E-state index in [9.17, 15) is 0 Å². The molecule has 2 heteroatoms. The van der Waals surface area contributed by atoms with E-state index in [1.54, 1.807) is 6.33 Å². The monoisotopic (exact) mass is 109 g/mol. The molecule has 0 fully saturated rings. The first-order valence-corrected chi connectivity index (χ1v) is 2.51. The molecule has 0 aromatic carbocycles. The minimum atomic E-state index is 0.868. The van der Waals surface area contributed by atoms with Gasteiger partial charge in [0.2, 0.25) is 0 Å². The van der Waals surface area contributed by atoms with Gasteiger partial charge in [0.1, 0.15) is 0 Å². The van der Waals surface area contributed by atoms with E-state index in [2.05, 4.69) is 11.9 Å². The molecule has 0 N–H and O–H groups in total. The molecule has 1 radical (unpaired) electrons. The van der Waals surface area contributed by atoms with Crippen molar-refractivity contribution in [1.82, 2.24) is 9.55 Å². The zero-order valence-corrected chi connectivity index (χ0v) is 5.18. The van der Waals surface area contributed by atoms with E-state index in [1.807, 2.05) is 18.5 Å². The molecule has 0 unspecified atom stereocenters. The first kappa shape index (κ1) is 5.35. The summed E-state index contributed by atoms with van der Waals surface area (Å²) in [4.78, 5) is 3.97. The average molecular weight is 109 g/mol. The number of imidazole rings is 1. The van der Waals surface area contributed by atoms with Crippen molar-refractivity contribution < 1.29 is 0 Å². The van der Waals surface area contributed by atoms with Gasteiger partial charge in [0.25, 0.3) is 0 Å². The van der Waals surface area contributed by atoms with Crippen LogP contribution in [0.5, 0.6) is 0 Å². The molecule has 0 saturated heterocycles. The van der Waals surface area contributed by atoms with Crippen molar-refractivity contribution in [3.8, 4) is 0 Å². The number of rotatable bonds is 0. The second kappa shape index (κ2) is 1.62. The van der Waals surface area contributed by atoms with Gasteiger partial charge in [-0.25, -0.2) is 4.98 Å². The van der Waals surface area contributed by atoms with Crippen molar-refractivity contribution in [2.75, 3.05) is 0 Å². The highest BCUT2D eigenvalue weighted by Gasteiger charge is 1.94. The van der Waals surface area contributed by atoms with E-state index in [4.69, 9.17) is 0 Å². The number of aryl methyl sites for hydroxylation is 1. The molecule has 8 heavy (non-hydrogen) atoms. The van der Waals surface area contributed by atoms with Crippen LogP contribution in [0.2, 0.25) is 0 Å². The van der Waals surface area contributed by atoms with Crippen LogP contribution in [0.4, 0.5) is 0 Å². The van der Waals surface area contributed by atoms with Crippen LogP contribution in [0.15, 0.2) is 6.33 Å². The molecular formula is C6H9N2. The molecule has 43 valence electrons. The third-order valence-corrected chi connectivity index (χ3v) is 1.33. The molecule has 0 atom stereocenters. The largest absolute Gasteiger partial charge is 0.338 e. The second-order valence-corrected chi connectivity index (χ2v) is 1.89. The molecule has 2 nitrogen and oxygen atoms in total. The molecule has 0 amide bonds. The van der Waals surface area contributed by atoms with Crippen LogP contribution in [0.1, 0.15) is 11.4 Å². The summed E-state index contributed by atoms with van der Waals surface area (Å²) in [5.74, 6) is 0. The highest BCUT2D eigenvalue weighted by Crippen LogP contribution is 1.99. The minimum absolute atomic E-state index is 0.868. The Morgan fingerprint density at radius 1 is 1.75 bits per heavy atom. The first-order chi connectivity index (χ1) is 3.72. The first-order valence-electron chi connectivity index (χ1n) is 2.51. The number of nitrogens with zero attached hydrogens (tertiary/aromatic N) is 2. The topological polar surface area (TPSA) is 17.8 Å². The maximum atomic E-state index is 3.97. The fourth-order valence-electron chi connectivity index (χ4n) is 0.540. The van der Waals surface area contributed by atoms with Crippen LogP contribution >= 0.6 is 0 Å². The molecule has 1 heterocycles. The Morgan fingerprint density at radius 3 is 2.50 bits per heavy atom. The van der Waals surface area contributed by atoms with Crippen molar-refractivity contribution >= 4 is 0 Å². The highest BCUT2D eigenvalue weighted by atomic mass is 15.0. The Kier molecular flexibility index (Phi) is 1.08. The molecule has 0 spiro atoms. The summed E-state index contributed by atoms with van der Waals surface area (Å²) in [6, 6.07) is 0. The lowest BCUT2D eigenvalue weighted by molar-refractivity contribution is 0.872. The van der Waals surface area contributed by atoms with Crippen LogP contribution in [0, 0.1) is 13.8 Å². The third-order valence-electron chi connectivity index (χ3n) is 1.33. The predicted octanol–water partition coefficient (Wildman–Crippen LogP) is 0.911. The van der Waals surface area contributed by atoms with Crippen molar-refractivity contribution in [1.29, 1.82) is 0 Å². The van der Waals surface area contributed by atoms with Crippen molar-refractivity contribution in [2.45, 2.75) is 6.92 Å². The zero-order valence-electron chi connectivity index (χ0n) is 5.18. The molecule has 0 aliphatic heterocycles. The molecule has 0 aliphatic rings. The Balaban J connectivity index is 3.19. The van der Waals surface area contributed by atoms with E-state index < -0.39 is 0 Å². The highest BCUT2D eigenvalue weighted by molar-refractivity contribution is 5.12. The number of hydrogen-bond donors (Lipinski definition) is 0. The van der Waals surface area contributed by atoms with Crippen LogP contribution < -0.4 is 0 Å². The summed E-state index contributed by atoms with van der Waals surface area (Å²) in [5, 5.41) is 0. The van der Waals surface area contributed by atoms with Gasteiger partial charge in [-0.1, -0.05) is 0 Å². The Hall–Kier alpha value is -0.790. The van der Waals surface area contributed by atoms with Crippen LogP contribution in [0.3, 0.4) is 0 Å². The van der Waals surface area contributed by atoms with Gasteiger partial charge in [0.05, 0.1) is 12.0 Å². The van der Waals surface area contributed by atoms with E-state index in [1.165, 1.54) is 0 Å². The second-order valence-electron chi connectivity index (χ2n) is 1.89. The van der Waals surface area contributed by atoms with Crippen LogP contribution in [-0.2, 0) is 7.05 Å². The summed E-state index contributed by atoms with van der Waals surface area (Å²) < 4.78 is 1.95. The van der Waals surface area contributed by atoms with Gasteiger partial charge in [-0.05, 0) is 13.8 Å². The fourth-order valence-corrected chi connectivity index (χ4v) is 0.540. The van der Waals surface area contributed by atoms with Crippen LogP contribution in [0.25, 0.3) is 0 Å². The lowest BCUT2D eigenvalue weighted by Crippen LogP contribution is -1.87. The maximum absolute atomic E-state index is 3.97. The molecule has 1 rings (SSSR count). The molecule has 0 saturated carbocycles. The lowest BCUT2D eigenvalue weighted by atomic mass is 10.4. The van der Waals surface area contributed by atoms with E-state index in [-0.39, 0.29) is 0 Å². The predicted molar refractivity (Wildman–Crippen MR) is 32.4 cm³/mol. The summed E-state index contributed by atoms with van der Waals surface area (Å²) in [6.07, 6.45) is 1.76. The smallest absolute Gasteiger partial charge is 0.0948 e. The summed E-state index contributed by atoms with van der Waals surface area (Å²) in [6.45, 7) is 5.70. The van der Waals surface area contributed by atoms with Crippen molar-refractivity contribution in [3.05, 3.63) is 24.6 Å². The molecule has 1 aromatic rings. The standard InChI is InChI=1S/C6H9N2/c1-5-6(2)8(3)4-7-5/h4H,1H2,2-3H3. The molecule has 0 aliphatic carbocycles. The van der Waals surface area contributed by atoms with Crippen LogP contribution in [-0.4, -0.2) is 9.55 Å². The molecular weight excluding hydrogens is 100 g/mol. The van der Waals surface area contributed by atoms with E-state index >= 15 is 0 Å². The van der Waals surface area contributed by atoms with Crippen molar-refractivity contribution in [3.63, 3.8) is 0 Å². The van der Waals surface area contributed by atoms with Gasteiger partial charge in [0.15, 0.2) is 0 Å².